The van der Waals surface area contributed by atoms with Crippen LogP contribution in [-0.4, -0.2) is 14.9 Å². The van der Waals surface area contributed by atoms with E-state index in [1.165, 1.54) is 0 Å². The van der Waals surface area contributed by atoms with Crippen LogP contribution in [0.15, 0.2) is 24.3 Å². The molecule has 0 saturated carbocycles. The van der Waals surface area contributed by atoms with Gasteiger partial charge in [0.05, 0.1) is 22.0 Å². The minimum absolute atomic E-state index is 0.135. The maximum atomic E-state index is 11.1. The van der Waals surface area contributed by atoms with Gasteiger partial charge in [-0.25, -0.2) is 0 Å². The molecule has 1 aliphatic carbocycles. The van der Waals surface area contributed by atoms with E-state index in [-0.39, 0.29) is 6.04 Å². The number of fused-ring (bicyclic) bond motifs is 1. The summed E-state index contributed by atoms with van der Waals surface area (Å²) in [6.45, 7) is 2.02. The van der Waals surface area contributed by atoms with Crippen molar-refractivity contribution in [1.82, 2.24) is 9.78 Å². The molecule has 112 valence electrons. The van der Waals surface area contributed by atoms with Gasteiger partial charge in [-0.3, -0.25) is 4.68 Å². The normalized spacial score (nSPS) is 24.3. The van der Waals surface area contributed by atoms with Gasteiger partial charge in [-0.05, 0) is 24.0 Å². The van der Waals surface area contributed by atoms with Gasteiger partial charge in [-0.2, -0.15) is 5.10 Å². The van der Waals surface area contributed by atoms with Crippen LogP contribution in [-0.2, 0) is 25.5 Å². The number of nitrogens with zero attached hydrogens (tertiary/aromatic N) is 2. The lowest BCUT2D eigenvalue weighted by Gasteiger charge is -2.24. The second-order valence-electron chi connectivity index (χ2n) is 5.79. The van der Waals surface area contributed by atoms with E-state index in [9.17, 15) is 5.11 Å². The Morgan fingerprint density at radius 2 is 2.19 bits per heavy atom. The maximum Gasteiger partial charge on any atom is 0.0973 e. The molecule has 3 N–H and O–H groups in total. The van der Waals surface area contributed by atoms with Crippen LogP contribution in [0.25, 0.3) is 0 Å². The van der Waals surface area contributed by atoms with Gasteiger partial charge in [-0.1, -0.05) is 42.8 Å². The molecule has 0 bridgehead atoms. The van der Waals surface area contributed by atoms with E-state index in [2.05, 4.69) is 5.10 Å². The summed E-state index contributed by atoms with van der Waals surface area (Å²) in [5.41, 5.74) is 8.86. The molecule has 21 heavy (non-hydrogen) atoms. The molecule has 1 aliphatic rings. The lowest BCUT2D eigenvalue weighted by molar-refractivity contribution is 0.0323. The predicted molar refractivity (Wildman–Crippen MR) is 83.2 cm³/mol. The molecule has 4 nitrogen and oxygen atoms in total. The Morgan fingerprint density at radius 1 is 1.48 bits per heavy atom. The zero-order chi connectivity index (χ0) is 15.2. The van der Waals surface area contributed by atoms with Gasteiger partial charge in [0.25, 0.3) is 0 Å². The van der Waals surface area contributed by atoms with Crippen molar-refractivity contribution < 1.29 is 5.11 Å². The first kappa shape index (κ1) is 14.6. The van der Waals surface area contributed by atoms with Crippen LogP contribution in [0.2, 0.25) is 5.02 Å². The second kappa shape index (κ2) is 5.13. The number of nitrogens with two attached hydrogens (primary N) is 1. The van der Waals surface area contributed by atoms with E-state index >= 15 is 0 Å². The average Bonchev–Trinajstić information content (AvgIpc) is 2.88. The summed E-state index contributed by atoms with van der Waals surface area (Å²) >= 11 is 6.41. The Bertz CT molecular complexity index is 682. The Kier molecular flexibility index (Phi) is 3.56. The number of hydrogen-bond donors (Lipinski definition) is 2. The Balaban J connectivity index is 2.01. The molecular formula is C16H20ClN3O. The molecule has 0 aliphatic heterocycles. The van der Waals surface area contributed by atoms with Gasteiger partial charge in [0.15, 0.2) is 0 Å². The van der Waals surface area contributed by atoms with E-state index in [0.717, 1.165) is 28.9 Å². The van der Waals surface area contributed by atoms with Crippen LogP contribution in [0.1, 0.15) is 41.9 Å². The molecule has 1 aromatic carbocycles. The van der Waals surface area contributed by atoms with Crippen LogP contribution in [0, 0.1) is 0 Å². The minimum atomic E-state index is -0.974. The zero-order valence-corrected chi connectivity index (χ0v) is 13.1. The maximum absolute atomic E-state index is 11.1. The molecule has 0 spiro atoms. The zero-order valence-electron chi connectivity index (χ0n) is 12.3. The quantitative estimate of drug-likeness (QED) is 0.915. The highest BCUT2D eigenvalue weighted by atomic mass is 35.5. The van der Waals surface area contributed by atoms with Crippen molar-refractivity contribution >= 4 is 11.6 Å². The van der Waals surface area contributed by atoms with Crippen molar-refractivity contribution in [3.63, 3.8) is 0 Å². The summed E-state index contributed by atoms with van der Waals surface area (Å²) in [4.78, 5) is 0. The molecule has 2 atom stereocenters. The smallest absolute Gasteiger partial charge is 0.0973 e. The summed E-state index contributed by atoms with van der Waals surface area (Å²) < 4.78 is 1.77. The van der Waals surface area contributed by atoms with Crippen molar-refractivity contribution in [2.45, 2.75) is 37.8 Å². The van der Waals surface area contributed by atoms with Crippen LogP contribution in [0.4, 0.5) is 0 Å². The number of hydrogen-bond acceptors (Lipinski definition) is 3. The number of rotatable bonds is 3. The van der Waals surface area contributed by atoms with E-state index < -0.39 is 5.60 Å². The molecule has 1 heterocycles. The third-order valence-electron chi connectivity index (χ3n) is 4.38. The molecule has 0 radical (unpaired) electrons. The van der Waals surface area contributed by atoms with Crippen LogP contribution >= 0.6 is 11.6 Å². The Labute approximate surface area is 129 Å². The summed E-state index contributed by atoms with van der Waals surface area (Å²) in [7, 11) is 1.87. The highest BCUT2D eigenvalue weighted by Crippen LogP contribution is 2.44. The van der Waals surface area contributed by atoms with Crippen molar-refractivity contribution in [3.05, 3.63) is 51.8 Å². The fraction of sp³-hybridized carbons (Fsp3) is 0.438. The monoisotopic (exact) mass is 305 g/mol. The van der Waals surface area contributed by atoms with Gasteiger partial charge in [-0.15, -0.1) is 0 Å². The average molecular weight is 306 g/mol. The molecule has 3 rings (SSSR count). The molecule has 0 amide bonds. The first-order chi connectivity index (χ1) is 9.96. The van der Waals surface area contributed by atoms with Gasteiger partial charge >= 0.3 is 0 Å². The summed E-state index contributed by atoms with van der Waals surface area (Å²) in [5.74, 6) is 0. The van der Waals surface area contributed by atoms with Gasteiger partial charge < -0.3 is 10.8 Å². The molecule has 2 unspecified atom stereocenters. The van der Waals surface area contributed by atoms with E-state index in [0.29, 0.717) is 17.9 Å². The van der Waals surface area contributed by atoms with Crippen molar-refractivity contribution in [3.8, 4) is 0 Å². The standard InChI is InChI=1S/C16H20ClN3O/c1-3-13-15(17)14(20(2)19-13)9-16(21)8-12(18)10-6-4-5-7-11(10)16/h4-7,12,21H,3,8-9,18H2,1-2H3. The third-order valence-corrected chi connectivity index (χ3v) is 4.82. The lowest BCUT2D eigenvalue weighted by Crippen LogP contribution is -2.27. The van der Waals surface area contributed by atoms with Crippen LogP contribution in [0.3, 0.4) is 0 Å². The van der Waals surface area contributed by atoms with Gasteiger partial charge in [0.2, 0.25) is 0 Å². The van der Waals surface area contributed by atoms with Gasteiger partial charge in [0, 0.05) is 19.5 Å². The number of aromatic nitrogens is 2. The molecule has 2 aromatic rings. The highest BCUT2D eigenvalue weighted by Gasteiger charge is 2.42. The summed E-state index contributed by atoms with van der Waals surface area (Å²) in [5, 5.41) is 16.2. The molecule has 0 fully saturated rings. The number of aryl methyl sites for hydroxylation is 2. The van der Waals surface area contributed by atoms with Crippen molar-refractivity contribution in [2.24, 2.45) is 12.8 Å². The van der Waals surface area contributed by atoms with Crippen LogP contribution < -0.4 is 5.73 Å². The minimum Gasteiger partial charge on any atom is -0.385 e. The van der Waals surface area contributed by atoms with Crippen molar-refractivity contribution in [2.75, 3.05) is 0 Å². The largest absolute Gasteiger partial charge is 0.385 e. The lowest BCUT2D eigenvalue weighted by atomic mass is 9.90. The Hall–Kier alpha value is -1.36. The first-order valence-electron chi connectivity index (χ1n) is 7.24. The molecule has 1 aromatic heterocycles. The third kappa shape index (κ3) is 2.27. The topological polar surface area (TPSA) is 64.1 Å². The second-order valence-corrected chi connectivity index (χ2v) is 6.17. The number of aliphatic hydroxyl groups is 1. The van der Waals surface area contributed by atoms with E-state index in [4.69, 9.17) is 17.3 Å². The molecule has 0 saturated heterocycles. The molecular weight excluding hydrogens is 286 g/mol. The summed E-state index contributed by atoms with van der Waals surface area (Å²) in [6, 6.07) is 7.69. The SMILES string of the molecule is CCc1nn(C)c(CC2(O)CC(N)c3ccccc32)c1Cl. The van der Waals surface area contributed by atoms with Gasteiger partial charge in [0.1, 0.15) is 0 Å². The number of halogens is 1. The van der Waals surface area contributed by atoms with Crippen LogP contribution in [0.5, 0.6) is 0 Å². The fourth-order valence-corrected chi connectivity index (χ4v) is 3.64. The predicted octanol–water partition coefficient (Wildman–Crippen LogP) is 2.47. The fourth-order valence-electron chi connectivity index (χ4n) is 3.28. The highest BCUT2D eigenvalue weighted by molar-refractivity contribution is 6.31. The Morgan fingerprint density at radius 3 is 2.86 bits per heavy atom. The summed E-state index contributed by atoms with van der Waals surface area (Å²) in [6.07, 6.45) is 1.72. The number of benzene rings is 1. The molecule has 5 heteroatoms. The first-order valence-corrected chi connectivity index (χ1v) is 7.61. The van der Waals surface area contributed by atoms with E-state index in [1.807, 2.05) is 38.2 Å². The van der Waals surface area contributed by atoms with E-state index in [1.54, 1.807) is 4.68 Å². The van der Waals surface area contributed by atoms with Crippen molar-refractivity contribution in [1.29, 1.82) is 0 Å².